The maximum absolute atomic E-state index is 11.5. The van der Waals surface area contributed by atoms with Crippen LogP contribution in [0.1, 0.15) is 19.4 Å². The second-order valence-corrected chi connectivity index (χ2v) is 6.35. The maximum atomic E-state index is 11.5. The zero-order chi connectivity index (χ0) is 12.9. The molecule has 0 atom stereocenters. The van der Waals surface area contributed by atoms with Gasteiger partial charge in [-0.2, -0.15) is 0 Å². The van der Waals surface area contributed by atoms with Crippen LogP contribution in [-0.4, -0.2) is 20.7 Å². The average molecular weight is 256 g/mol. The minimum atomic E-state index is -3.30. The topological polar surface area (TPSA) is 72.2 Å². The van der Waals surface area contributed by atoms with E-state index in [2.05, 4.69) is 18.6 Å². The van der Waals surface area contributed by atoms with Gasteiger partial charge in [-0.05, 0) is 30.0 Å². The summed E-state index contributed by atoms with van der Waals surface area (Å²) in [4.78, 5) is 0. The van der Waals surface area contributed by atoms with Crippen LogP contribution in [0.2, 0.25) is 0 Å². The zero-order valence-electron chi connectivity index (χ0n) is 10.3. The molecular weight excluding hydrogens is 236 g/mol. The van der Waals surface area contributed by atoms with Crippen LogP contribution in [-0.2, 0) is 16.4 Å². The van der Waals surface area contributed by atoms with Crippen molar-refractivity contribution in [2.24, 2.45) is 11.7 Å². The van der Waals surface area contributed by atoms with Gasteiger partial charge >= 0.3 is 0 Å². The Kier molecular flexibility index (Phi) is 4.96. The normalized spacial score (nSPS) is 11.8. The zero-order valence-corrected chi connectivity index (χ0v) is 11.1. The lowest BCUT2D eigenvalue weighted by Gasteiger charge is -2.09. The van der Waals surface area contributed by atoms with Gasteiger partial charge in [0.1, 0.15) is 0 Å². The molecule has 0 aliphatic rings. The summed E-state index contributed by atoms with van der Waals surface area (Å²) in [6.45, 7) is 4.43. The number of rotatable bonds is 6. The van der Waals surface area contributed by atoms with Crippen molar-refractivity contribution in [1.29, 1.82) is 0 Å². The van der Waals surface area contributed by atoms with Crippen molar-refractivity contribution in [2.75, 3.05) is 17.0 Å². The highest BCUT2D eigenvalue weighted by molar-refractivity contribution is 7.92. The van der Waals surface area contributed by atoms with Crippen LogP contribution in [0.4, 0.5) is 5.69 Å². The summed E-state index contributed by atoms with van der Waals surface area (Å²) in [7, 11) is -3.30. The van der Waals surface area contributed by atoms with Gasteiger partial charge in [-0.15, -0.1) is 0 Å². The number of benzene rings is 1. The van der Waals surface area contributed by atoms with Gasteiger partial charge in [0.25, 0.3) is 0 Å². The van der Waals surface area contributed by atoms with E-state index in [1.54, 1.807) is 12.1 Å². The number of nitrogens with two attached hydrogens (primary N) is 1. The van der Waals surface area contributed by atoms with E-state index in [1.807, 2.05) is 12.1 Å². The van der Waals surface area contributed by atoms with E-state index in [0.717, 1.165) is 6.42 Å². The Morgan fingerprint density at radius 1 is 1.24 bits per heavy atom. The van der Waals surface area contributed by atoms with E-state index in [4.69, 9.17) is 5.73 Å². The molecule has 17 heavy (non-hydrogen) atoms. The van der Waals surface area contributed by atoms with E-state index in [-0.39, 0.29) is 12.3 Å². The fraction of sp³-hybridized carbons (Fsp3) is 0.500. The Bertz CT molecular complexity index is 438. The van der Waals surface area contributed by atoms with Crippen LogP contribution in [0.25, 0.3) is 0 Å². The van der Waals surface area contributed by atoms with Crippen LogP contribution < -0.4 is 10.5 Å². The molecule has 0 saturated heterocycles. The summed E-state index contributed by atoms with van der Waals surface area (Å²) >= 11 is 0. The number of sulfonamides is 1. The molecule has 0 aliphatic heterocycles. The third kappa shape index (κ3) is 5.19. The van der Waals surface area contributed by atoms with E-state index < -0.39 is 10.0 Å². The number of hydrogen-bond acceptors (Lipinski definition) is 3. The summed E-state index contributed by atoms with van der Waals surface area (Å²) in [5.41, 5.74) is 7.03. The van der Waals surface area contributed by atoms with Crippen LogP contribution >= 0.6 is 0 Å². The minimum Gasteiger partial charge on any atom is -0.329 e. The van der Waals surface area contributed by atoms with E-state index >= 15 is 0 Å². The van der Waals surface area contributed by atoms with Crippen LogP contribution in [0.15, 0.2) is 24.3 Å². The van der Waals surface area contributed by atoms with Gasteiger partial charge in [0.2, 0.25) is 10.0 Å². The first kappa shape index (κ1) is 14.0. The SMILES string of the molecule is CC(C)Cc1ccc(NS(=O)(=O)CCN)cc1. The molecule has 1 aromatic rings. The maximum Gasteiger partial charge on any atom is 0.233 e. The standard InChI is InChI=1S/C12H20N2O2S/c1-10(2)9-11-3-5-12(6-4-11)14-17(15,16)8-7-13/h3-6,10,14H,7-9,13H2,1-2H3. The molecule has 4 nitrogen and oxygen atoms in total. The van der Waals surface area contributed by atoms with Gasteiger partial charge in [-0.1, -0.05) is 26.0 Å². The molecule has 1 rings (SSSR count). The van der Waals surface area contributed by atoms with Crippen LogP contribution in [0, 0.1) is 5.92 Å². The Balaban J connectivity index is 2.68. The van der Waals surface area contributed by atoms with Crippen molar-refractivity contribution in [3.63, 3.8) is 0 Å². The predicted molar refractivity (Wildman–Crippen MR) is 71.4 cm³/mol. The van der Waals surface area contributed by atoms with Crippen molar-refractivity contribution in [1.82, 2.24) is 0 Å². The Hall–Kier alpha value is -1.07. The molecule has 1 aromatic carbocycles. The van der Waals surface area contributed by atoms with Crippen molar-refractivity contribution in [3.8, 4) is 0 Å². The molecule has 0 aliphatic carbocycles. The predicted octanol–water partition coefficient (Wildman–Crippen LogP) is 1.59. The molecule has 0 unspecified atom stereocenters. The average Bonchev–Trinajstić information content (AvgIpc) is 2.19. The van der Waals surface area contributed by atoms with Gasteiger partial charge in [0.05, 0.1) is 5.75 Å². The first-order valence-corrected chi connectivity index (χ1v) is 7.37. The molecule has 0 saturated carbocycles. The summed E-state index contributed by atoms with van der Waals surface area (Å²) < 4.78 is 25.4. The van der Waals surface area contributed by atoms with Crippen molar-refractivity contribution in [3.05, 3.63) is 29.8 Å². The molecule has 3 N–H and O–H groups in total. The minimum absolute atomic E-state index is 0.0548. The lowest BCUT2D eigenvalue weighted by Crippen LogP contribution is -2.22. The molecule has 0 fully saturated rings. The molecule has 0 radical (unpaired) electrons. The lowest BCUT2D eigenvalue weighted by molar-refractivity contribution is 0.601. The number of hydrogen-bond donors (Lipinski definition) is 2. The largest absolute Gasteiger partial charge is 0.329 e. The Labute approximate surface area is 103 Å². The fourth-order valence-corrected chi connectivity index (χ4v) is 2.47. The molecule has 0 aromatic heterocycles. The highest BCUT2D eigenvalue weighted by Gasteiger charge is 2.08. The van der Waals surface area contributed by atoms with Gasteiger partial charge in [-0.3, -0.25) is 4.72 Å². The first-order chi connectivity index (χ1) is 7.93. The molecule has 0 bridgehead atoms. The van der Waals surface area contributed by atoms with Crippen LogP contribution in [0.3, 0.4) is 0 Å². The second-order valence-electron chi connectivity index (χ2n) is 4.50. The highest BCUT2D eigenvalue weighted by atomic mass is 32.2. The van der Waals surface area contributed by atoms with Gasteiger partial charge in [0, 0.05) is 12.2 Å². The molecule has 5 heteroatoms. The van der Waals surface area contributed by atoms with E-state index in [0.29, 0.717) is 11.6 Å². The third-order valence-electron chi connectivity index (χ3n) is 2.26. The highest BCUT2D eigenvalue weighted by Crippen LogP contribution is 2.14. The van der Waals surface area contributed by atoms with Gasteiger partial charge < -0.3 is 5.73 Å². The smallest absolute Gasteiger partial charge is 0.233 e. The monoisotopic (exact) mass is 256 g/mol. The molecular formula is C12H20N2O2S. The van der Waals surface area contributed by atoms with Gasteiger partial charge in [-0.25, -0.2) is 8.42 Å². The summed E-state index contributed by atoms with van der Waals surface area (Å²) in [6.07, 6.45) is 0.996. The number of nitrogens with one attached hydrogen (secondary N) is 1. The number of anilines is 1. The summed E-state index contributed by atoms with van der Waals surface area (Å²) in [5.74, 6) is 0.538. The second kappa shape index (κ2) is 6.02. The lowest BCUT2D eigenvalue weighted by atomic mass is 10.0. The van der Waals surface area contributed by atoms with Crippen LogP contribution in [0.5, 0.6) is 0 Å². The summed E-state index contributed by atoms with van der Waals surface area (Å²) in [5, 5.41) is 0. The van der Waals surface area contributed by atoms with Gasteiger partial charge in [0.15, 0.2) is 0 Å². The third-order valence-corrected chi connectivity index (χ3v) is 3.58. The van der Waals surface area contributed by atoms with Crippen molar-refractivity contribution < 1.29 is 8.42 Å². The molecule has 0 spiro atoms. The van der Waals surface area contributed by atoms with Crippen molar-refractivity contribution in [2.45, 2.75) is 20.3 Å². The molecule has 96 valence electrons. The van der Waals surface area contributed by atoms with Crippen molar-refractivity contribution >= 4 is 15.7 Å². The molecule has 0 amide bonds. The Morgan fingerprint density at radius 3 is 2.29 bits per heavy atom. The Morgan fingerprint density at radius 2 is 1.82 bits per heavy atom. The first-order valence-electron chi connectivity index (χ1n) is 5.72. The van der Waals surface area contributed by atoms with E-state index in [1.165, 1.54) is 5.56 Å². The quantitative estimate of drug-likeness (QED) is 0.811. The fourth-order valence-electron chi connectivity index (χ4n) is 1.57. The molecule has 0 heterocycles. The van der Waals surface area contributed by atoms with E-state index in [9.17, 15) is 8.42 Å². The summed E-state index contributed by atoms with van der Waals surface area (Å²) in [6, 6.07) is 7.46.